The van der Waals surface area contributed by atoms with Crippen molar-refractivity contribution in [2.45, 2.75) is 6.42 Å². The molecule has 4 amide bonds. The number of rotatable bonds is 5. The average Bonchev–Trinajstić information content (AvgIpc) is 3.18. The minimum absolute atomic E-state index is 0. The maximum atomic E-state index is 12.1. The Hall–Kier alpha value is -2.68. The van der Waals surface area contributed by atoms with Crippen LogP contribution in [0.2, 0.25) is 5.02 Å². The van der Waals surface area contributed by atoms with Crippen molar-refractivity contribution in [1.29, 1.82) is 0 Å². The lowest BCUT2D eigenvalue weighted by Crippen LogP contribution is -2.38. The summed E-state index contributed by atoms with van der Waals surface area (Å²) in [6, 6.07) is 9.74. The fourth-order valence-corrected chi connectivity index (χ4v) is 2.50. The Morgan fingerprint density at radius 3 is 2.59 bits per heavy atom. The van der Waals surface area contributed by atoms with Crippen molar-refractivity contribution in [1.82, 2.24) is 9.91 Å². The molecular formula is C17H16Cl2N4O4. The van der Waals surface area contributed by atoms with Gasteiger partial charge >= 0.3 is 6.03 Å². The molecule has 3 rings (SSSR count). The van der Waals surface area contributed by atoms with Gasteiger partial charge in [0.1, 0.15) is 18.1 Å². The number of imide groups is 3. The third-order valence-corrected chi connectivity index (χ3v) is 3.89. The second kappa shape index (κ2) is 8.81. The van der Waals surface area contributed by atoms with Gasteiger partial charge in [-0.05, 0) is 36.4 Å². The summed E-state index contributed by atoms with van der Waals surface area (Å²) >= 11 is 5.85. The highest BCUT2D eigenvalue weighted by atomic mass is 35.5. The number of amides is 4. The maximum absolute atomic E-state index is 12.1. The van der Waals surface area contributed by atoms with Gasteiger partial charge in [0.15, 0.2) is 0 Å². The fourth-order valence-electron chi connectivity index (χ4n) is 2.38. The molecule has 0 bridgehead atoms. The van der Waals surface area contributed by atoms with Gasteiger partial charge in [-0.25, -0.2) is 9.80 Å². The van der Waals surface area contributed by atoms with Crippen LogP contribution < -0.4 is 5.73 Å². The van der Waals surface area contributed by atoms with E-state index in [2.05, 4.69) is 5.10 Å². The van der Waals surface area contributed by atoms with E-state index in [1.54, 1.807) is 24.3 Å². The zero-order valence-electron chi connectivity index (χ0n) is 14.0. The number of hydrazone groups is 1. The highest BCUT2D eigenvalue weighted by Gasteiger charge is 2.40. The molecule has 0 unspecified atom stereocenters. The molecule has 1 fully saturated rings. The van der Waals surface area contributed by atoms with E-state index >= 15 is 0 Å². The van der Waals surface area contributed by atoms with Gasteiger partial charge in [-0.3, -0.25) is 9.59 Å². The van der Waals surface area contributed by atoms with E-state index < -0.39 is 17.8 Å². The molecular weight excluding hydrogens is 395 g/mol. The maximum Gasteiger partial charge on any atom is 0.354 e. The van der Waals surface area contributed by atoms with Crippen LogP contribution in [0.15, 0.2) is 45.9 Å². The summed E-state index contributed by atoms with van der Waals surface area (Å²) in [6.07, 6.45) is 1.22. The molecule has 0 atom stereocenters. The number of carbonyl (C=O) groups is 3. The van der Waals surface area contributed by atoms with Crippen molar-refractivity contribution in [3.63, 3.8) is 0 Å². The second-order valence-corrected chi connectivity index (χ2v) is 5.89. The lowest BCUT2D eigenvalue weighted by Gasteiger charge is -2.11. The summed E-state index contributed by atoms with van der Waals surface area (Å²) in [5, 5.41) is 5.46. The smallest absolute Gasteiger partial charge is 0.354 e. The van der Waals surface area contributed by atoms with Crippen LogP contribution in [0.1, 0.15) is 12.2 Å². The topological polar surface area (TPSA) is 109 Å². The van der Waals surface area contributed by atoms with Gasteiger partial charge < -0.3 is 10.2 Å². The lowest BCUT2D eigenvalue weighted by molar-refractivity contribution is -0.138. The first-order chi connectivity index (χ1) is 12.5. The number of hydrogen-bond acceptors (Lipinski definition) is 6. The van der Waals surface area contributed by atoms with Crippen LogP contribution >= 0.6 is 24.0 Å². The van der Waals surface area contributed by atoms with Gasteiger partial charge in [-0.1, -0.05) is 11.6 Å². The third-order valence-electron chi connectivity index (χ3n) is 3.63. The first-order valence-corrected chi connectivity index (χ1v) is 8.14. The molecule has 142 valence electrons. The molecule has 0 saturated carbocycles. The van der Waals surface area contributed by atoms with Crippen molar-refractivity contribution in [2.75, 3.05) is 13.1 Å². The number of carbonyl (C=O) groups excluding carboxylic acids is 3. The van der Waals surface area contributed by atoms with Gasteiger partial charge in [0, 0.05) is 23.6 Å². The summed E-state index contributed by atoms with van der Waals surface area (Å²) in [4.78, 5) is 36.3. The Labute approximate surface area is 165 Å². The van der Waals surface area contributed by atoms with Crippen LogP contribution in [0, 0.1) is 0 Å². The Bertz CT molecular complexity index is 879. The number of benzene rings is 1. The summed E-state index contributed by atoms with van der Waals surface area (Å²) in [5.41, 5.74) is 6.12. The van der Waals surface area contributed by atoms with E-state index in [1.807, 2.05) is 12.1 Å². The molecule has 1 aromatic carbocycles. The Morgan fingerprint density at radius 2 is 1.93 bits per heavy atom. The molecule has 8 nitrogen and oxygen atoms in total. The van der Waals surface area contributed by atoms with Crippen LogP contribution in [0.3, 0.4) is 0 Å². The number of hydrogen-bond donors (Lipinski definition) is 1. The van der Waals surface area contributed by atoms with E-state index in [9.17, 15) is 14.4 Å². The average molecular weight is 411 g/mol. The standard InChI is InChI=1S/C17H15ClN4O4.ClH/c18-12-3-1-11(2-4-12)14-6-5-13(26-14)9-20-21-10-16(24)22(17(21)25)15(23)7-8-19;/h1-6,9H,7-8,10,19H2;1H. The summed E-state index contributed by atoms with van der Waals surface area (Å²) in [6.45, 7) is -0.255. The van der Waals surface area contributed by atoms with Crippen molar-refractivity contribution in [3.05, 3.63) is 47.2 Å². The molecule has 2 N–H and O–H groups in total. The molecule has 1 aromatic heterocycles. The van der Waals surface area contributed by atoms with E-state index in [4.69, 9.17) is 21.8 Å². The number of urea groups is 1. The van der Waals surface area contributed by atoms with Crippen molar-refractivity contribution >= 4 is 48.1 Å². The van der Waals surface area contributed by atoms with Crippen LogP contribution in [-0.4, -0.2) is 47.1 Å². The van der Waals surface area contributed by atoms with Crippen LogP contribution in [-0.2, 0) is 9.59 Å². The highest BCUT2D eigenvalue weighted by Crippen LogP contribution is 2.23. The lowest BCUT2D eigenvalue weighted by atomic mass is 10.2. The SMILES string of the molecule is Cl.NCCC(=O)N1C(=O)CN(N=Cc2ccc(-c3ccc(Cl)cc3)o2)C1=O. The van der Waals surface area contributed by atoms with Crippen molar-refractivity contribution in [2.24, 2.45) is 10.8 Å². The van der Waals surface area contributed by atoms with Crippen molar-refractivity contribution < 1.29 is 18.8 Å². The van der Waals surface area contributed by atoms with Crippen LogP contribution in [0.25, 0.3) is 11.3 Å². The van der Waals surface area contributed by atoms with Gasteiger partial charge in [0.2, 0.25) is 5.91 Å². The Kier molecular flexibility index (Phi) is 6.73. The molecule has 2 aromatic rings. The fraction of sp³-hybridized carbons (Fsp3) is 0.176. The van der Waals surface area contributed by atoms with E-state index in [-0.39, 0.29) is 31.9 Å². The second-order valence-electron chi connectivity index (χ2n) is 5.46. The number of furan rings is 1. The quantitative estimate of drug-likeness (QED) is 0.601. The summed E-state index contributed by atoms with van der Waals surface area (Å²) in [5.74, 6) is -0.274. The largest absolute Gasteiger partial charge is 0.455 e. The van der Waals surface area contributed by atoms with E-state index in [1.165, 1.54) is 6.21 Å². The van der Waals surface area contributed by atoms with Gasteiger partial charge in [-0.15, -0.1) is 12.4 Å². The molecule has 0 radical (unpaired) electrons. The number of nitrogens with two attached hydrogens (primary N) is 1. The van der Waals surface area contributed by atoms with Gasteiger partial charge in [0.25, 0.3) is 5.91 Å². The minimum Gasteiger partial charge on any atom is -0.455 e. The first kappa shape index (κ1) is 20.6. The molecule has 1 saturated heterocycles. The third kappa shape index (κ3) is 4.54. The summed E-state index contributed by atoms with van der Waals surface area (Å²) in [7, 11) is 0. The monoisotopic (exact) mass is 410 g/mol. The van der Waals surface area contributed by atoms with Crippen LogP contribution in [0.4, 0.5) is 4.79 Å². The van der Waals surface area contributed by atoms with E-state index in [0.717, 1.165) is 10.6 Å². The molecule has 2 heterocycles. The normalized spacial score (nSPS) is 14.1. The predicted molar refractivity (Wildman–Crippen MR) is 102 cm³/mol. The molecule has 0 spiro atoms. The minimum atomic E-state index is -0.797. The number of halogens is 2. The molecule has 0 aliphatic carbocycles. The first-order valence-electron chi connectivity index (χ1n) is 7.76. The zero-order chi connectivity index (χ0) is 18.7. The van der Waals surface area contributed by atoms with Gasteiger partial charge in [-0.2, -0.15) is 10.0 Å². The molecule has 27 heavy (non-hydrogen) atoms. The highest BCUT2D eigenvalue weighted by molar-refractivity contribution is 6.30. The van der Waals surface area contributed by atoms with E-state index in [0.29, 0.717) is 21.4 Å². The predicted octanol–water partition coefficient (Wildman–Crippen LogP) is 2.50. The van der Waals surface area contributed by atoms with Crippen molar-refractivity contribution in [3.8, 4) is 11.3 Å². The van der Waals surface area contributed by atoms with Gasteiger partial charge in [0.05, 0.1) is 6.21 Å². The molecule has 10 heteroatoms. The molecule has 1 aliphatic rings. The van der Waals surface area contributed by atoms with Crippen LogP contribution in [0.5, 0.6) is 0 Å². The Balaban J connectivity index is 0.00000261. The zero-order valence-corrected chi connectivity index (χ0v) is 15.6. The Morgan fingerprint density at radius 1 is 1.22 bits per heavy atom. The molecule has 1 aliphatic heterocycles. The summed E-state index contributed by atoms with van der Waals surface area (Å²) < 4.78 is 5.63. The number of nitrogens with zero attached hydrogens (tertiary/aromatic N) is 3.